The summed E-state index contributed by atoms with van der Waals surface area (Å²) < 4.78 is 0. The maximum atomic E-state index is 13.5. The summed E-state index contributed by atoms with van der Waals surface area (Å²) in [5.41, 5.74) is 2.57. The van der Waals surface area contributed by atoms with Gasteiger partial charge < -0.3 is 5.32 Å². The third-order valence-electron chi connectivity index (χ3n) is 6.97. The number of rotatable bonds is 5. The highest BCUT2D eigenvalue weighted by Crippen LogP contribution is 2.51. The van der Waals surface area contributed by atoms with Crippen molar-refractivity contribution >= 4 is 23.4 Å². The molecule has 0 spiro atoms. The fraction of sp³-hybridized carbons (Fsp3) is 0.346. The van der Waals surface area contributed by atoms with Gasteiger partial charge in [-0.15, -0.1) is 0 Å². The Morgan fingerprint density at radius 2 is 1.61 bits per heavy atom. The number of allylic oxidation sites excluding steroid dienone is 2. The topological polar surface area (TPSA) is 66.5 Å². The van der Waals surface area contributed by atoms with E-state index in [-0.39, 0.29) is 47.8 Å². The minimum atomic E-state index is -0.601. The standard InChI is InChI=1S/C26H26N2O3/c1-16-6-5-9-20(14-16)27-22(29)15-21(17-7-3-2-4-8-17)28-25(30)23-18-10-11-19(13-12-18)24(23)26(28)31/h2-11,14,18-19,21,23-24H,12-13,15H2,1H3,(H,27,29)/t18-,19-,21-,23-,24+/m0/s1. The second kappa shape index (κ2) is 7.80. The molecule has 0 aromatic heterocycles. The van der Waals surface area contributed by atoms with Gasteiger partial charge in [0.25, 0.3) is 0 Å². The molecule has 3 amide bonds. The summed E-state index contributed by atoms with van der Waals surface area (Å²) in [7, 11) is 0. The fourth-order valence-electron chi connectivity index (χ4n) is 5.55. The Morgan fingerprint density at radius 3 is 2.19 bits per heavy atom. The van der Waals surface area contributed by atoms with Crippen LogP contribution >= 0.6 is 0 Å². The minimum absolute atomic E-state index is 0.0393. The predicted molar refractivity (Wildman–Crippen MR) is 118 cm³/mol. The van der Waals surface area contributed by atoms with E-state index in [2.05, 4.69) is 17.5 Å². The number of carbonyl (C=O) groups is 3. The van der Waals surface area contributed by atoms with Gasteiger partial charge in [-0.3, -0.25) is 19.3 Å². The van der Waals surface area contributed by atoms with E-state index in [0.29, 0.717) is 5.69 Å². The number of aryl methyl sites for hydroxylation is 1. The average molecular weight is 415 g/mol. The van der Waals surface area contributed by atoms with Crippen molar-refractivity contribution in [2.24, 2.45) is 23.7 Å². The van der Waals surface area contributed by atoms with E-state index in [1.54, 1.807) is 0 Å². The molecule has 1 saturated carbocycles. The van der Waals surface area contributed by atoms with Crippen LogP contribution in [0.15, 0.2) is 66.7 Å². The molecule has 6 rings (SSSR count). The number of hydrogen-bond acceptors (Lipinski definition) is 3. The van der Waals surface area contributed by atoms with Gasteiger partial charge in [-0.05, 0) is 54.9 Å². The lowest BCUT2D eigenvalue weighted by molar-refractivity contribution is -0.143. The Bertz CT molecular complexity index is 1030. The first-order valence-corrected chi connectivity index (χ1v) is 11.0. The van der Waals surface area contributed by atoms with Gasteiger partial charge in [0.15, 0.2) is 0 Å². The van der Waals surface area contributed by atoms with Crippen molar-refractivity contribution in [3.63, 3.8) is 0 Å². The number of likely N-dealkylation sites (tertiary alicyclic amines) is 1. The van der Waals surface area contributed by atoms with E-state index >= 15 is 0 Å². The van der Waals surface area contributed by atoms with E-state index in [1.807, 2.05) is 61.5 Å². The van der Waals surface area contributed by atoms with Crippen molar-refractivity contribution in [2.75, 3.05) is 5.32 Å². The van der Waals surface area contributed by atoms with E-state index < -0.39 is 6.04 Å². The third-order valence-corrected chi connectivity index (χ3v) is 6.97. The molecule has 1 N–H and O–H groups in total. The van der Waals surface area contributed by atoms with E-state index in [4.69, 9.17) is 0 Å². The molecule has 0 radical (unpaired) electrons. The van der Waals surface area contributed by atoms with Crippen LogP contribution in [0.4, 0.5) is 5.69 Å². The number of nitrogens with zero attached hydrogens (tertiary/aromatic N) is 1. The molecule has 1 heterocycles. The number of imide groups is 1. The fourth-order valence-corrected chi connectivity index (χ4v) is 5.55. The zero-order chi connectivity index (χ0) is 21.5. The van der Waals surface area contributed by atoms with Crippen molar-refractivity contribution in [3.05, 3.63) is 77.9 Å². The first kappa shape index (κ1) is 19.7. The van der Waals surface area contributed by atoms with Crippen molar-refractivity contribution in [1.82, 2.24) is 4.90 Å². The van der Waals surface area contributed by atoms with Crippen LogP contribution in [0.25, 0.3) is 0 Å². The lowest BCUT2D eigenvalue weighted by Gasteiger charge is -2.38. The van der Waals surface area contributed by atoms with Crippen LogP contribution in [-0.4, -0.2) is 22.6 Å². The number of carbonyl (C=O) groups excluding carboxylic acids is 3. The van der Waals surface area contributed by atoms with Crippen molar-refractivity contribution in [2.45, 2.75) is 32.2 Å². The molecule has 2 bridgehead atoms. The normalized spacial score (nSPS) is 27.3. The first-order chi connectivity index (χ1) is 15.0. The number of fused-ring (bicyclic) bond motifs is 1. The molecule has 31 heavy (non-hydrogen) atoms. The first-order valence-electron chi connectivity index (χ1n) is 11.0. The SMILES string of the molecule is Cc1cccc(NC(=O)C[C@@H](c2ccccc2)N2C(=O)[C@@H]3[C@H](C2=O)[C@H]2C=C[C@H]3CC2)c1. The molecule has 3 aliphatic carbocycles. The molecule has 1 saturated heterocycles. The Kier molecular flexibility index (Phi) is 4.97. The van der Waals surface area contributed by atoms with Gasteiger partial charge in [-0.1, -0.05) is 54.6 Å². The second-order valence-electron chi connectivity index (χ2n) is 8.94. The molecule has 2 aromatic rings. The quantitative estimate of drug-likeness (QED) is 0.587. The van der Waals surface area contributed by atoms with Gasteiger partial charge in [0.1, 0.15) is 0 Å². The number of nitrogens with one attached hydrogen (secondary N) is 1. The molecule has 2 fully saturated rings. The molecule has 0 unspecified atom stereocenters. The van der Waals surface area contributed by atoms with Crippen LogP contribution in [0, 0.1) is 30.6 Å². The lowest BCUT2D eigenvalue weighted by atomic mass is 9.63. The highest BCUT2D eigenvalue weighted by Gasteiger charge is 2.58. The van der Waals surface area contributed by atoms with Crippen LogP contribution in [0.2, 0.25) is 0 Å². The molecular formula is C26H26N2O3. The molecule has 2 aromatic carbocycles. The molecular weight excluding hydrogens is 388 g/mol. The molecule has 158 valence electrons. The molecule has 5 nitrogen and oxygen atoms in total. The van der Waals surface area contributed by atoms with E-state index in [0.717, 1.165) is 24.0 Å². The maximum absolute atomic E-state index is 13.5. The van der Waals surface area contributed by atoms with Gasteiger partial charge in [0.05, 0.1) is 24.3 Å². The summed E-state index contributed by atoms with van der Waals surface area (Å²) in [6.07, 6.45) is 6.19. The zero-order valence-electron chi connectivity index (χ0n) is 17.5. The highest BCUT2D eigenvalue weighted by atomic mass is 16.2. The van der Waals surface area contributed by atoms with Crippen LogP contribution in [0.3, 0.4) is 0 Å². The van der Waals surface area contributed by atoms with Crippen molar-refractivity contribution < 1.29 is 14.4 Å². The summed E-state index contributed by atoms with van der Waals surface area (Å²) in [6, 6.07) is 16.4. The van der Waals surface area contributed by atoms with Crippen molar-refractivity contribution in [3.8, 4) is 0 Å². The molecule has 5 heteroatoms. The summed E-state index contributed by atoms with van der Waals surface area (Å²) in [5.74, 6) is -0.735. The van der Waals surface area contributed by atoms with Crippen molar-refractivity contribution in [1.29, 1.82) is 0 Å². The molecule has 4 aliphatic rings. The lowest BCUT2D eigenvalue weighted by Crippen LogP contribution is -2.38. The Hall–Kier alpha value is -3.21. The van der Waals surface area contributed by atoms with Gasteiger partial charge in [0, 0.05) is 5.69 Å². The Morgan fingerprint density at radius 1 is 0.968 bits per heavy atom. The summed E-state index contributed by atoms with van der Waals surface area (Å²) in [5, 5.41) is 2.93. The predicted octanol–water partition coefficient (Wildman–Crippen LogP) is 4.26. The number of amides is 3. The second-order valence-corrected chi connectivity index (χ2v) is 8.94. The summed E-state index contributed by atoms with van der Waals surface area (Å²) in [4.78, 5) is 41.3. The highest BCUT2D eigenvalue weighted by molar-refractivity contribution is 6.07. The zero-order valence-corrected chi connectivity index (χ0v) is 17.5. The van der Waals surface area contributed by atoms with Gasteiger partial charge >= 0.3 is 0 Å². The number of benzene rings is 2. The number of hydrogen-bond donors (Lipinski definition) is 1. The maximum Gasteiger partial charge on any atom is 0.234 e. The smallest absolute Gasteiger partial charge is 0.234 e. The van der Waals surface area contributed by atoms with E-state index in [1.165, 1.54) is 4.90 Å². The van der Waals surface area contributed by atoms with Gasteiger partial charge in [-0.2, -0.15) is 0 Å². The third kappa shape index (κ3) is 3.48. The van der Waals surface area contributed by atoms with Crippen LogP contribution < -0.4 is 5.32 Å². The average Bonchev–Trinajstić information content (AvgIpc) is 3.06. The van der Waals surface area contributed by atoms with Gasteiger partial charge in [0.2, 0.25) is 17.7 Å². The number of anilines is 1. The van der Waals surface area contributed by atoms with E-state index in [9.17, 15) is 14.4 Å². The van der Waals surface area contributed by atoms with Crippen LogP contribution in [0.5, 0.6) is 0 Å². The summed E-state index contributed by atoms with van der Waals surface area (Å²) in [6.45, 7) is 1.97. The summed E-state index contributed by atoms with van der Waals surface area (Å²) >= 11 is 0. The molecule has 1 aliphatic heterocycles. The minimum Gasteiger partial charge on any atom is -0.326 e. The van der Waals surface area contributed by atoms with Gasteiger partial charge in [-0.25, -0.2) is 0 Å². The van der Waals surface area contributed by atoms with Crippen LogP contribution in [-0.2, 0) is 14.4 Å². The van der Waals surface area contributed by atoms with Crippen LogP contribution in [0.1, 0.15) is 36.4 Å². The largest absolute Gasteiger partial charge is 0.326 e. The Labute approximate surface area is 182 Å². The monoisotopic (exact) mass is 414 g/mol. The Balaban J connectivity index is 1.44. The molecule has 5 atom stereocenters.